The number of hydrogen-bond donors (Lipinski definition) is 1. The molecule has 0 aliphatic carbocycles. The summed E-state index contributed by atoms with van der Waals surface area (Å²) in [5.74, 6) is 0.428. The van der Waals surface area contributed by atoms with E-state index in [1.807, 2.05) is 0 Å². The molecule has 0 aliphatic rings. The molecular formula is C11H12F4O3. The van der Waals surface area contributed by atoms with Crippen LogP contribution in [-0.2, 0) is 4.74 Å². The van der Waals surface area contributed by atoms with Gasteiger partial charge in [0.15, 0.2) is 0 Å². The van der Waals surface area contributed by atoms with Gasteiger partial charge in [0.2, 0.25) is 0 Å². The highest BCUT2D eigenvalue weighted by Gasteiger charge is 2.42. The summed E-state index contributed by atoms with van der Waals surface area (Å²) in [6.07, 6.45) is -9.91. The van der Waals surface area contributed by atoms with Gasteiger partial charge in [-0.2, -0.15) is 8.78 Å². The SMILES string of the molecule is O[C@H](COc1ccccc1)COC(F)(F)C(F)F. The number of hydrogen-bond acceptors (Lipinski definition) is 3. The maximum atomic E-state index is 12.3. The Labute approximate surface area is 101 Å². The van der Waals surface area contributed by atoms with Crippen molar-refractivity contribution in [3.8, 4) is 5.75 Å². The van der Waals surface area contributed by atoms with Crippen molar-refractivity contribution < 1.29 is 32.1 Å². The van der Waals surface area contributed by atoms with Gasteiger partial charge in [0, 0.05) is 0 Å². The van der Waals surface area contributed by atoms with Crippen molar-refractivity contribution in [2.45, 2.75) is 18.6 Å². The van der Waals surface area contributed by atoms with E-state index in [1.165, 1.54) is 0 Å². The van der Waals surface area contributed by atoms with Gasteiger partial charge in [-0.1, -0.05) is 18.2 Å². The predicted octanol–water partition coefficient (Wildman–Crippen LogP) is 2.30. The van der Waals surface area contributed by atoms with E-state index in [0.717, 1.165) is 0 Å². The van der Waals surface area contributed by atoms with E-state index in [2.05, 4.69) is 4.74 Å². The number of aliphatic hydroxyl groups excluding tert-OH is 1. The molecule has 0 spiro atoms. The molecule has 0 bridgehead atoms. The molecule has 0 aromatic heterocycles. The second kappa shape index (κ2) is 6.55. The van der Waals surface area contributed by atoms with Crippen molar-refractivity contribution in [2.24, 2.45) is 0 Å². The standard InChI is InChI=1S/C11H12F4O3/c12-10(13)11(14,15)18-7-8(16)6-17-9-4-2-1-3-5-9/h1-5,8,10,16H,6-7H2/t8-/m1/s1. The first-order chi connectivity index (χ1) is 8.42. The molecule has 1 N–H and O–H groups in total. The Morgan fingerprint density at radius 2 is 1.72 bits per heavy atom. The van der Waals surface area contributed by atoms with Crippen molar-refractivity contribution in [1.29, 1.82) is 0 Å². The summed E-state index contributed by atoms with van der Waals surface area (Å²) in [4.78, 5) is 0. The van der Waals surface area contributed by atoms with Gasteiger partial charge in [0.1, 0.15) is 18.5 Å². The summed E-state index contributed by atoms with van der Waals surface area (Å²) in [6, 6.07) is 8.31. The van der Waals surface area contributed by atoms with Crippen LogP contribution < -0.4 is 4.74 Å². The predicted molar refractivity (Wildman–Crippen MR) is 54.8 cm³/mol. The molecule has 0 unspecified atom stereocenters. The Hall–Kier alpha value is -1.34. The summed E-state index contributed by atoms with van der Waals surface area (Å²) in [6.45, 7) is -1.27. The molecule has 102 valence electrons. The summed E-state index contributed by atoms with van der Waals surface area (Å²) in [5, 5.41) is 9.23. The lowest BCUT2D eigenvalue weighted by molar-refractivity contribution is -0.307. The Morgan fingerprint density at radius 3 is 2.28 bits per heavy atom. The molecule has 0 amide bonds. The molecule has 0 aliphatic heterocycles. The van der Waals surface area contributed by atoms with Crippen LogP contribution in [0.1, 0.15) is 0 Å². The third kappa shape index (κ3) is 4.89. The molecule has 0 heterocycles. The normalized spacial score (nSPS) is 13.7. The Morgan fingerprint density at radius 1 is 1.11 bits per heavy atom. The minimum absolute atomic E-state index is 0.330. The number of ether oxygens (including phenoxy) is 2. The summed E-state index contributed by atoms with van der Waals surface area (Å²) < 4.78 is 56.8. The number of halogens is 4. The van der Waals surface area contributed by atoms with E-state index in [0.29, 0.717) is 5.75 Å². The highest BCUT2D eigenvalue weighted by Crippen LogP contribution is 2.24. The molecule has 0 saturated heterocycles. The number of rotatable bonds is 7. The van der Waals surface area contributed by atoms with Crippen LogP contribution in [0.25, 0.3) is 0 Å². The topological polar surface area (TPSA) is 38.7 Å². The van der Waals surface area contributed by atoms with Crippen LogP contribution in [0.15, 0.2) is 30.3 Å². The third-order valence-corrected chi connectivity index (χ3v) is 1.91. The Balaban J connectivity index is 2.28. The van der Waals surface area contributed by atoms with Crippen LogP contribution in [0.5, 0.6) is 5.75 Å². The quantitative estimate of drug-likeness (QED) is 0.771. The minimum Gasteiger partial charge on any atom is -0.491 e. The number of benzene rings is 1. The lowest BCUT2D eigenvalue weighted by atomic mass is 10.3. The molecule has 1 aromatic rings. The highest BCUT2D eigenvalue weighted by molar-refractivity contribution is 5.20. The highest BCUT2D eigenvalue weighted by atomic mass is 19.3. The third-order valence-electron chi connectivity index (χ3n) is 1.91. The van der Waals surface area contributed by atoms with E-state index in [-0.39, 0.29) is 6.61 Å². The summed E-state index contributed by atoms with van der Waals surface area (Å²) in [7, 11) is 0. The van der Waals surface area contributed by atoms with Crippen LogP contribution in [0.2, 0.25) is 0 Å². The van der Waals surface area contributed by atoms with E-state index in [1.54, 1.807) is 30.3 Å². The number of alkyl halides is 4. The van der Waals surface area contributed by atoms with Crippen molar-refractivity contribution in [2.75, 3.05) is 13.2 Å². The molecule has 1 aromatic carbocycles. The first-order valence-corrected chi connectivity index (χ1v) is 5.07. The molecule has 3 nitrogen and oxygen atoms in total. The van der Waals surface area contributed by atoms with Gasteiger partial charge in [-0.3, -0.25) is 0 Å². The minimum atomic E-state index is -4.56. The van der Waals surface area contributed by atoms with Crippen LogP contribution in [0, 0.1) is 0 Å². The van der Waals surface area contributed by atoms with Crippen molar-refractivity contribution in [1.82, 2.24) is 0 Å². The van der Waals surface area contributed by atoms with Crippen LogP contribution in [0.3, 0.4) is 0 Å². The Bertz CT molecular complexity index is 345. The summed E-state index contributed by atoms with van der Waals surface area (Å²) in [5.41, 5.74) is 0. The van der Waals surface area contributed by atoms with Gasteiger partial charge in [-0.15, -0.1) is 0 Å². The fraction of sp³-hybridized carbons (Fsp3) is 0.455. The largest absolute Gasteiger partial charge is 0.491 e. The molecule has 1 atom stereocenters. The van der Waals surface area contributed by atoms with E-state index in [4.69, 9.17) is 4.74 Å². The molecule has 1 rings (SSSR count). The maximum Gasteiger partial charge on any atom is 0.416 e. The molecular weight excluding hydrogens is 256 g/mol. The average Bonchev–Trinajstić information content (AvgIpc) is 2.35. The van der Waals surface area contributed by atoms with Gasteiger partial charge in [0.05, 0.1) is 6.61 Å². The molecule has 7 heteroatoms. The lowest BCUT2D eigenvalue weighted by Gasteiger charge is -2.18. The lowest BCUT2D eigenvalue weighted by Crippen LogP contribution is -2.35. The van der Waals surface area contributed by atoms with Crippen molar-refractivity contribution in [3.63, 3.8) is 0 Å². The maximum absolute atomic E-state index is 12.3. The van der Waals surface area contributed by atoms with Gasteiger partial charge in [0.25, 0.3) is 0 Å². The molecule has 18 heavy (non-hydrogen) atoms. The monoisotopic (exact) mass is 268 g/mol. The van der Waals surface area contributed by atoms with Crippen molar-refractivity contribution in [3.05, 3.63) is 30.3 Å². The second-order valence-electron chi connectivity index (χ2n) is 3.45. The fourth-order valence-electron chi connectivity index (χ4n) is 1.03. The van der Waals surface area contributed by atoms with Crippen LogP contribution >= 0.6 is 0 Å². The van der Waals surface area contributed by atoms with Gasteiger partial charge >= 0.3 is 12.5 Å². The van der Waals surface area contributed by atoms with Gasteiger partial charge < -0.3 is 14.6 Å². The van der Waals surface area contributed by atoms with E-state index >= 15 is 0 Å². The van der Waals surface area contributed by atoms with Gasteiger partial charge in [-0.05, 0) is 12.1 Å². The number of para-hydroxylation sites is 1. The zero-order valence-corrected chi connectivity index (χ0v) is 9.23. The van der Waals surface area contributed by atoms with Crippen LogP contribution in [0.4, 0.5) is 17.6 Å². The van der Waals surface area contributed by atoms with Crippen molar-refractivity contribution >= 4 is 0 Å². The zero-order valence-electron chi connectivity index (χ0n) is 9.23. The molecule has 0 radical (unpaired) electrons. The first kappa shape index (κ1) is 14.7. The van der Waals surface area contributed by atoms with E-state index in [9.17, 15) is 22.7 Å². The second-order valence-corrected chi connectivity index (χ2v) is 3.45. The average molecular weight is 268 g/mol. The van der Waals surface area contributed by atoms with Gasteiger partial charge in [-0.25, -0.2) is 8.78 Å². The zero-order chi connectivity index (χ0) is 13.6. The molecule has 0 saturated carbocycles. The molecule has 0 fully saturated rings. The smallest absolute Gasteiger partial charge is 0.416 e. The van der Waals surface area contributed by atoms with E-state index < -0.39 is 25.2 Å². The fourth-order valence-corrected chi connectivity index (χ4v) is 1.03. The number of aliphatic hydroxyl groups is 1. The van der Waals surface area contributed by atoms with Crippen LogP contribution in [-0.4, -0.2) is 37.0 Å². The first-order valence-electron chi connectivity index (χ1n) is 5.07. The summed E-state index contributed by atoms with van der Waals surface area (Å²) >= 11 is 0. The Kier molecular flexibility index (Phi) is 5.36.